The summed E-state index contributed by atoms with van der Waals surface area (Å²) in [5, 5.41) is 0. The van der Waals surface area contributed by atoms with Crippen LogP contribution >= 0.6 is 0 Å². The van der Waals surface area contributed by atoms with E-state index in [1.165, 1.54) is 0 Å². The summed E-state index contributed by atoms with van der Waals surface area (Å²) in [6, 6.07) is 0. The molecule has 1 aliphatic rings. The van der Waals surface area contributed by atoms with Crippen LogP contribution < -0.4 is 10.6 Å². The summed E-state index contributed by atoms with van der Waals surface area (Å²) in [7, 11) is 2.15. The minimum atomic E-state index is 0.344. The normalized spacial score (nSPS) is 17.5. The van der Waals surface area contributed by atoms with E-state index < -0.39 is 0 Å². The van der Waals surface area contributed by atoms with Gasteiger partial charge < -0.3 is 15.5 Å². The maximum absolute atomic E-state index is 5.83. The van der Waals surface area contributed by atoms with Gasteiger partial charge in [0.2, 0.25) is 0 Å². The molecule has 0 unspecified atom stereocenters. The predicted molar refractivity (Wildman–Crippen MR) is 73.7 cm³/mol. The highest BCUT2D eigenvalue weighted by molar-refractivity contribution is 5.49. The molecule has 0 bridgehead atoms. The number of rotatable bonds is 3. The molecule has 100 valence electrons. The summed E-state index contributed by atoms with van der Waals surface area (Å²) in [5.74, 6) is 1.23. The zero-order valence-electron chi connectivity index (χ0n) is 11.6. The molecule has 1 aromatic heterocycles. The van der Waals surface area contributed by atoms with Crippen molar-refractivity contribution in [3.05, 3.63) is 17.7 Å². The first-order valence-electron chi connectivity index (χ1n) is 6.61. The van der Waals surface area contributed by atoms with Crippen molar-refractivity contribution in [2.24, 2.45) is 5.73 Å². The zero-order valence-corrected chi connectivity index (χ0v) is 11.6. The lowest BCUT2D eigenvalue weighted by Crippen LogP contribution is -2.45. The molecule has 0 saturated carbocycles. The van der Waals surface area contributed by atoms with Crippen LogP contribution in [-0.4, -0.2) is 48.1 Å². The number of nitrogens with zero attached hydrogens (tertiary/aromatic N) is 4. The fourth-order valence-electron chi connectivity index (χ4n) is 2.17. The van der Waals surface area contributed by atoms with Crippen molar-refractivity contribution in [3.63, 3.8) is 0 Å². The van der Waals surface area contributed by atoms with Gasteiger partial charge in [-0.1, -0.05) is 13.8 Å². The highest BCUT2D eigenvalue weighted by atomic mass is 15.3. The third kappa shape index (κ3) is 2.79. The number of aromatic nitrogens is 2. The molecule has 5 nitrogen and oxygen atoms in total. The van der Waals surface area contributed by atoms with Crippen molar-refractivity contribution in [3.8, 4) is 0 Å². The van der Waals surface area contributed by atoms with Crippen LogP contribution in [0.5, 0.6) is 0 Å². The highest BCUT2D eigenvalue weighted by Gasteiger charge is 2.18. The maximum atomic E-state index is 5.83. The molecule has 1 fully saturated rings. The Balaban J connectivity index is 2.22. The molecule has 2 heterocycles. The molecule has 0 spiro atoms. The van der Waals surface area contributed by atoms with E-state index in [0.717, 1.165) is 43.4 Å². The molecular weight excluding hydrogens is 226 g/mol. The van der Waals surface area contributed by atoms with Crippen LogP contribution in [0.1, 0.15) is 31.3 Å². The van der Waals surface area contributed by atoms with Crippen LogP contribution in [0.4, 0.5) is 5.69 Å². The smallest absolute Gasteiger partial charge is 0.131 e. The fourth-order valence-corrected chi connectivity index (χ4v) is 2.17. The molecule has 1 saturated heterocycles. The lowest BCUT2D eigenvalue weighted by atomic mass is 10.2. The Morgan fingerprint density at radius 2 is 1.94 bits per heavy atom. The van der Waals surface area contributed by atoms with Crippen molar-refractivity contribution < 1.29 is 0 Å². The van der Waals surface area contributed by atoms with Gasteiger partial charge in [-0.3, -0.25) is 0 Å². The number of nitrogens with two attached hydrogens (primary N) is 1. The Labute approximate surface area is 109 Å². The van der Waals surface area contributed by atoms with Gasteiger partial charge in [-0.25, -0.2) is 9.97 Å². The molecule has 1 aliphatic heterocycles. The second-order valence-electron chi connectivity index (χ2n) is 5.21. The first-order chi connectivity index (χ1) is 8.61. The molecule has 0 amide bonds. The third-order valence-corrected chi connectivity index (χ3v) is 3.42. The average molecular weight is 249 g/mol. The second kappa shape index (κ2) is 5.63. The number of anilines is 1. The maximum Gasteiger partial charge on any atom is 0.131 e. The number of likely N-dealkylation sites (N-methyl/N-ethyl adjacent to an activating group) is 1. The van der Waals surface area contributed by atoms with E-state index in [-0.39, 0.29) is 0 Å². The SMILES string of the molecule is CC(C)c1ncc(N2CCN(C)CC2)c(CN)n1. The molecule has 2 N–H and O–H groups in total. The summed E-state index contributed by atoms with van der Waals surface area (Å²) in [4.78, 5) is 13.7. The van der Waals surface area contributed by atoms with E-state index in [9.17, 15) is 0 Å². The Morgan fingerprint density at radius 3 is 2.50 bits per heavy atom. The average Bonchev–Trinajstić information content (AvgIpc) is 2.39. The van der Waals surface area contributed by atoms with Crippen LogP contribution in [0.3, 0.4) is 0 Å². The van der Waals surface area contributed by atoms with E-state index in [0.29, 0.717) is 12.5 Å². The largest absolute Gasteiger partial charge is 0.366 e. The minimum Gasteiger partial charge on any atom is -0.366 e. The zero-order chi connectivity index (χ0) is 13.1. The summed E-state index contributed by atoms with van der Waals surface area (Å²) < 4.78 is 0. The van der Waals surface area contributed by atoms with Gasteiger partial charge >= 0.3 is 0 Å². The van der Waals surface area contributed by atoms with Gasteiger partial charge in [-0.2, -0.15) is 0 Å². The van der Waals surface area contributed by atoms with E-state index in [4.69, 9.17) is 5.73 Å². The van der Waals surface area contributed by atoms with Crippen LogP contribution in [0.15, 0.2) is 6.20 Å². The Hall–Kier alpha value is -1.20. The van der Waals surface area contributed by atoms with Crippen LogP contribution in [0.25, 0.3) is 0 Å². The van der Waals surface area contributed by atoms with Crippen molar-refractivity contribution in [2.45, 2.75) is 26.3 Å². The summed E-state index contributed by atoms with van der Waals surface area (Å²) in [5.41, 5.74) is 7.90. The topological polar surface area (TPSA) is 58.3 Å². The summed E-state index contributed by atoms with van der Waals surface area (Å²) in [6.45, 7) is 8.88. The minimum absolute atomic E-state index is 0.344. The predicted octanol–water partition coefficient (Wildman–Crippen LogP) is 0.811. The third-order valence-electron chi connectivity index (χ3n) is 3.42. The van der Waals surface area contributed by atoms with Gasteiger partial charge in [0.25, 0.3) is 0 Å². The quantitative estimate of drug-likeness (QED) is 0.859. The Kier molecular flexibility index (Phi) is 4.14. The molecule has 0 aromatic carbocycles. The van der Waals surface area contributed by atoms with E-state index in [1.807, 2.05) is 6.20 Å². The molecule has 18 heavy (non-hydrogen) atoms. The second-order valence-corrected chi connectivity index (χ2v) is 5.21. The van der Waals surface area contributed by atoms with Gasteiger partial charge in [-0.05, 0) is 7.05 Å². The lowest BCUT2D eigenvalue weighted by Gasteiger charge is -2.34. The molecule has 0 radical (unpaired) electrons. The van der Waals surface area contributed by atoms with Crippen molar-refractivity contribution in [1.82, 2.24) is 14.9 Å². The molecule has 2 rings (SSSR count). The monoisotopic (exact) mass is 249 g/mol. The summed E-state index contributed by atoms with van der Waals surface area (Å²) >= 11 is 0. The van der Waals surface area contributed by atoms with Gasteiger partial charge in [0.15, 0.2) is 0 Å². The van der Waals surface area contributed by atoms with E-state index >= 15 is 0 Å². The van der Waals surface area contributed by atoms with Gasteiger partial charge in [0.05, 0.1) is 17.6 Å². The molecular formula is C13H23N5. The first kappa shape index (κ1) is 13.2. The molecule has 1 aromatic rings. The highest BCUT2D eigenvalue weighted by Crippen LogP contribution is 2.21. The van der Waals surface area contributed by atoms with E-state index in [2.05, 4.69) is 40.7 Å². The summed E-state index contributed by atoms with van der Waals surface area (Å²) in [6.07, 6.45) is 1.94. The van der Waals surface area contributed by atoms with Crippen molar-refractivity contribution >= 4 is 5.69 Å². The van der Waals surface area contributed by atoms with E-state index in [1.54, 1.807) is 0 Å². The fraction of sp³-hybridized carbons (Fsp3) is 0.692. The van der Waals surface area contributed by atoms with Crippen molar-refractivity contribution in [1.29, 1.82) is 0 Å². The van der Waals surface area contributed by atoms with Gasteiger partial charge in [-0.15, -0.1) is 0 Å². The Bertz CT molecular complexity index is 396. The molecule has 0 atom stereocenters. The number of hydrogen-bond donors (Lipinski definition) is 1. The van der Waals surface area contributed by atoms with Crippen LogP contribution in [0, 0.1) is 0 Å². The standard InChI is InChI=1S/C13H23N5/c1-10(2)13-15-9-12(11(8-14)16-13)18-6-4-17(3)5-7-18/h9-10H,4-8,14H2,1-3H3. The first-order valence-corrected chi connectivity index (χ1v) is 6.61. The Morgan fingerprint density at radius 1 is 1.28 bits per heavy atom. The van der Waals surface area contributed by atoms with Crippen molar-refractivity contribution in [2.75, 3.05) is 38.1 Å². The molecule has 5 heteroatoms. The van der Waals surface area contributed by atoms with Gasteiger partial charge in [0, 0.05) is 38.6 Å². The lowest BCUT2D eigenvalue weighted by molar-refractivity contribution is 0.312. The molecule has 0 aliphatic carbocycles. The number of piperazine rings is 1. The van der Waals surface area contributed by atoms with Crippen LogP contribution in [-0.2, 0) is 6.54 Å². The van der Waals surface area contributed by atoms with Crippen LogP contribution in [0.2, 0.25) is 0 Å². The number of hydrogen-bond acceptors (Lipinski definition) is 5. The van der Waals surface area contributed by atoms with Gasteiger partial charge in [0.1, 0.15) is 5.82 Å².